The number of alkyl carbamates (subject to hydrolysis) is 2. The summed E-state index contributed by atoms with van der Waals surface area (Å²) in [7, 11) is 0. The SMILES string of the molecule is CC1CCC[C@@]1(NC(=O)C(CCCCNC(=O)OCC1c2ccccc2-c2ccccc21)NC(=O)OC(C)(C)C)C(=O)O. The molecule has 2 aromatic carbocycles. The molecule has 0 bridgehead atoms. The predicted molar refractivity (Wildman–Crippen MR) is 162 cm³/mol. The first-order chi connectivity index (χ1) is 20.4. The number of rotatable bonds is 11. The van der Waals surface area contributed by atoms with Gasteiger partial charge in [-0.1, -0.05) is 61.9 Å². The summed E-state index contributed by atoms with van der Waals surface area (Å²) in [6.07, 6.45) is 1.67. The first-order valence-corrected chi connectivity index (χ1v) is 15.0. The van der Waals surface area contributed by atoms with E-state index in [0.717, 1.165) is 22.3 Å². The highest BCUT2D eigenvalue weighted by Gasteiger charge is 2.49. The number of fused-ring (bicyclic) bond motifs is 3. The molecule has 43 heavy (non-hydrogen) atoms. The maximum Gasteiger partial charge on any atom is 0.408 e. The van der Waals surface area contributed by atoms with Gasteiger partial charge in [0.15, 0.2) is 0 Å². The Morgan fingerprint density at radius 1 is 0.977 bits per heavy atom. The minimum Gasteiger partial charge on any atom is -0.479 e. The van der Waals surface area contributed by atoms with E-state index in [-0.39, 0.29) is 24.9 Å². The van der Waals surface area contributed by atoms with Crippen molar-refractivity contribution in [2.24, 2.45) is 5.92 Å². The lowest BCUT2D eigenvalue weighted by Crippen LogP contribution is -2.60. The van der Waals surface area contributed by atoms with Gasteiger partial charge >= 0.3 is 18.2 Å². The number of amides is 3. The summed E-state index contributed by atoms with van der Waals surface area (Å²) in [5, 5.41) is 18.0. The van der Waals surface area contributed by atoms with Crippen molar-refractivity contribution >= 4 is 24.1 Å². The first-order valence-electron chi connectivity index (χ1n) is 15.0. The van der Waals surface area contributed by atoms with Gasteiger partial charge in [0.05, 0.1) is 0 Å². The van der Waals surface area contributed by atoms with Gasteiger partial charge in [-0.3, -0.25) is 4.79 Å². The summed E-state index contributed by atoms with van der Waals surface area (Å²) in [4.78, 5) is 50.4. The standard InChI is InChI=1S/C33H43N3O7/c1-21-12-11-18-33(21,29(38)39)36-28(37)27(35-31(41)43-32(2,3)4)17-9-10-19-34-30(40)42-20-26-24-15-7-5-13-22(24)23-14-6-8-16-25(23)26/h5-8,13-16,21,26-27H,9-12,17-20H2,1-4H3,(H,34,40)(H,35,41)(H,36,37)(H,38,39)/t21?,27?,33-/m0/s1. The van der Waals surface area contributed by atoms with Crippen molar-refractivity contribution in [3.8, 4) is 11.1 Å². The number of benzene rings is 2. The molecule has 4 N–H and O–H groups in total. The Morgan fingerprint density at radius 2 is 1.60 bits per heavy atom. The average molecular weight is 594 g/mol. The normalized spacial score (nSPS) is 20.0. The predicted octanol–water partition coefficient (Wildman–Crippen LogP) is 5.35. The molecule has 2 aromatic rings. The van der Waals surface area contributed by atoms with Crippen LogP contribution in [0.25, 0.3) is 11.1 Å². The number of hydrogen-bond donors (Lipinski definition) is 4. The maximum absolute atomic E-state index is 13.3. The minimum atomic E-state index is -1.36. The zero-order chi connectivity index (χ0) is 31.2. The van der Waals surface area contributed by atoms with Gasteiger partial charge in [-0.15, -0.1) is 0 Å². The lowest BCUT2D eigenvalue weighted by atomic mass is 9.88. The monoisotopic (exact) mass is 593 g/mol. The van der Waals surface area contributed by atoms with Crippen LogP contribution in [0, 0.1) is 5.92 Å². The topological polar surface area (TPSA) is 143 Å². The van der Waals surface area contributed by atoms with Crippen LogP contribution in [0.2, 0.25) is 0 Å². The number of unbranched alkanes of at least 4 members (excludes halogenated alkanes) is 1. The van der Waals surface area contributed by atoms with Crippen LogP contribution in [0.15, 0.2) is 48.5 Å². The van der Waals surface area contributed by atoms with Crippen LogP contribution in [0.5, 0.6) is 0 Å². The van der Waals surface area contributed by atoms with Gasteiger partial charge in [-0.25, -0.2) is 14.4 Å². The number of carboxylic acid groups (broad SMARTS) is 1. The molecular formula is C33H43N3O7. The molecule has 232 valence electrons. The molecule has 0 aliphatic heterocycles. The molecule has 10 heteroatoms. The molecule has 2 unspecified atom stereocenters. The third kappa shape index (κ3) is 7.66. The van der Waals surface area contributed by atoms with E-state index in [0.29, 0.717) is 38.6 Å². The van der Waals surface area contributed by atoms with Gasteiger partial charge in [0.25, 0.3) is 0 Å². The lowest BCUT2D eigenvalue weighted by Gasteiger charge is -2.32. The number of carboxylic acids is 1. The zero-order valence-corrected chi connectivity index (χ0v) is 25.4. The van der Waals surface area contributed by atoms with E-state index in [2.05, 4.69) is 40.2 Å². The van der Waals surface area contributed by atoms with Gasteiger partial charge in [-0.2, -0.15) is 0 Å². The van der Waals surface area contributed by atoms with Crippen LogP contribution in [0.1, 0.15) is 83.3 Å². The van der Waals surface area contributed by atoms with Crippen molar-refractivity contribution in [1.29, 1.82) is 0 Å². The van der Waals surface area contributed by atoms with Crippen molar-refractivity contribution in [2.75, 3.05) is 13.2 Å². The van der Waals surface area contributed by atoms with Gasteiger partial charge in [-0.05, 0) is 81.0 Å². The largest absolute Gasteiger partial charge is 0.479 e. The highest BCUT2D eigenvalue weighted by atomic mass is 16.6. The van der Waals surface area contributed by atoms with Crippen molar-refractivity contribution in [1.82, 2.24) is 16.0 Å². The highest BCUT2D eigenvalue weighted by Crippen LogP contribution is 2.44. The summed E-state index contributed by atoms with van der Waals surface area (Å²) in [5.41, 5.74) is 2.45. The fourth-order valence-electron chi connectivity index (χ4n) is 6.08. The summed E-state index contributed by atoms with van der Waals surface area (Å²) < 4.78 is 10.9. The van der Waals surface area contributed by atoms with Crippen molar-refractivity contribution in [3.63, 3.8) is 0 Å². The summed E-state index contributed by atoms with van der Waals surface area (Å²) in [6.45, 7) is 7.49. The molecule has 1 fully saturated rings. The van der Waals surface area contributed by atoms with Crippen molar-refractivity contribution in [2.45, 2.75) is 89.3 Å². The molecule has 2 aliphatic carbocycles. The molecule has 0 radical (unpaired) electrons. The Hall–Kier alpha value is -4.08. The molecule has 10 nitrogen and oxygen atoms in total. The second-order valence-electron chi connectivity index (χ2n) is 12.5. The molecular weight excluding hydrogens is 550 g/mol. The van der Waals surface area contributed by atoms with Crippen LogP contribution < -0.4 is 16.0 Å². The fraction of sp³-hybridized carbons (Fsp3) is 0.515. The Morgan fingerprint density at radius 3 is 2.16 bits per heavy atom. The van der Waals surface area contributed by atoms with Crippen LogP contribution in [0.4, 0.5) is 9.59 Å². The number of carbonyl (C=O) groups excluding carboxylic acids is 3. The fourth-order valence-corrected chi connectivity index (χ4v) is 6.08. The van der Waals surface area contributed by atoms with E-state index in [1.54, 1.807) is 20.8 Å². The van der Waals surface area contributed by atoms with Gasteiger partial charge in [0.2, 0.25) is 5.91 Å². The molecule has 0 saturated heterocycles. The third-order valence-electron chi connectivity index (χ3n) is 8.32. The molecule has 4 rings (SSSR count). The molecule has 3 amide bonds. The number of ether oxygens (including phenoxy) is 2. The number of aliphatic carboxylic acids is 1. The molecule has 1 saturated carbocycles. The Labute approximate surface area is 252 Å². The maximum atomic E-state index is 13.3. The van der Waals surface area contributed by atoms with Crippen LogP contribution >= 0.6 is 0 Å². The van der Waals surface area contributed by atoms with E-state index in [9.17, 15) is 24.3 Å². The minimum absolute atomic E-state index is 0.0342. The number of nitrogens with one attached hydrogen (secondary N) is 3. The van der Waals surface area contributed by atoms with Crippen LogP contribution in [-0.2, 0) is 19.1 Å². The molecule has 0 spiro atoms. The molecule has 0 heterocycles. The first kappa shape index (κ1) is 31.8. The van der Waals surface area contributed by atoms with Crippen molar-refractivity contribution < 1.29 is 33.8 Å². The Kier molecular flexibility index (Phi) is 9.98. The number of carbonyl (C=O) groups is 4. The van der Waals surface area contributed by atoms with Gasteiger partial charge in [0, 0.05) is 12.5 Å². The Balaban J connectivity index is 1.27. The van der Waals surface area contributed by atoms with E-state index in [1.807, 2.05) is 31.2 Å². The Bertz CT molecular complexity index is 1290. The lowest BCUT2D eigenvalue weighted by molar-refractivity contribution is -0.149. The van der Waals surface area contributed by atoms with Gasteiger partial charge in [0.1, 0.15) is 23.8 Å². The van der Waals surface area contributed by atoms with Crippen LogP contribution in [-0.4, -0.2) is 59.5 Å². The second-order valence-corrected chi connectivity index (χ2v) is 12.5. The van der Waals surface area contributed by atoms with Crippen molar-refractivity contribution in [3.05, 3.63) is 59.7 Å². The highest BCUT2D eigenvalue weighted by molar-refractivity contribution is 5.91. The molecule has 0 aromatic heterocycles. The number of hydrogen-bond acceptors (Lipinski definition) is 6. The van der Waals surface area contributed by atoms with E-state index in [1.165, 1.54) is 0 Å². The summed E-state index contributed by atoms with van der Waals surface area (Å²) in [6, 6.07) is 15.3. The smallest absolute Gasteiger partial charge is 0.408 e. The van der Waals surface area contributed by atoms with E-state index >= 15 is 0 Å². The van der Waals surface area contributed by atoms with Gasteiger partial charge < -0.3 is 30.5 Å². The van der Waals surface area contributed by atoms with E-state index in [4.69, 9.17) is 9.47 Å². The quantitative estimate of drug-likeness (QED) is 0.257. The second kappa shape index (κ2) is 13.5. The zero-order valence-electron chi connectivity index (χ0n) is 25.4. The average Bonchev–Trinajstić information content (AvgIpc) is 3.48. The van der Waals surface area contributed by atoms with E-state index < -0.39 is 41.2 Å². The molecule has 3 atom stereocenters. The van der Waals surface area contributed by atoms with Crippen LogP contribution in [0.3, 0.4) is 0 Å². The third-order valence-corrected chi connectivity index (χ3v) is 8.32. The summed E-state index contributed by atoms with van der Waals surface area (Å²) in [5.74, 6) is -1.91. The molecule has 2 aliphatic rings. The summed E-state index contributed by atoms with van der Waals surface area (Å²) >= 11 is 0.